The van der Waals surface area contributed by atoms with E-state index in [1.165, 1.54) is 25.4 Å². The second kappa shape index (κ2) is 9.28. The van der Waals surface area contributed by atoms with Crippen molar-refractivity contribution in [2.75, 3.05) is 24.4 Å². The van der Waals surface area contributed by atoms with Crippen molar-refractivity contribution in [3.63, 3.8) is 0 Å². The van der Waals surface area contributed by atoms with E-state index in [0.717, 1.165) is 36.1 Å². The van der Waals surface area contributed by atoms with Crippen LogP contribution in [0.15, 0.2) is 18.2 Å². The van der Waals surface area contributed by atoms with E-state index in [0.29, 0.717) is 27.0 Å². The molecule has 1 aliphatic rings. The minimum Gasteiger partial charge on any atom is -0.495 e. The molecule has 2 N–H and O–H groups in total. The maximum absolute atomic E-state index is 12.7. The number of hydrogen-bond donors (Lipinski definition) is 2. The predicted molar refractivity (Wildman–Crippen MR) is 112 cm³/mol. The predicted octanol–water partition coefficient (Wildman–Crippen LogP) is 4.04. The van der Waals surface area contributed by atoms with Gasteiger partial charge in [0.1, 0.15) is 10.8 Å². The van der Waals surface area contributed by atoms with Gasteiger partial charge in [-0.2, -0.15) is 0 Å². The number of anilines is 2. The fourth-order valence-corrected chi connectivity index (χ4v) is 4.69. The van der Waals surface area contributed by atoms with E-state index in [4.69, 9.17) is 21.1 Å². The first-order valence-electron chi connectivity index (χ1n) is 9.11. The van der Waals surface area contributed by atoms with Gasteiger partial charge in [-0.25, -0.2) is 4.79 Å². The van der Waals surface area contributed by atoms with E-state index in [-0.39, 0.29) is 5.91 Å². The van der Waals surface area contributed by atoms with Crippen LogP contribution in [0.5, 0.6) is 5.75 Å². The highest BCUT2D eigenvalue weighted by atomic mass is 35.5. The summed E-state index contributed by atoms with van der Waals surface area (Å²) in [7, 11) is 1.47. The number of nitrogens with one attached hydrogen (secondary N) is 2. The van der Waals surface area contributed by atoms with Crippen LogP contribution >= 0.6 is 22.9 Å². The number of aryl methyl sites for hydroxylation is 1. The lowest BCUT2D eigenvalue weighted by molar-refractivity contribution is -0.119. The highest BCUT2D eigenvalue weighted by Gasteiger charge is 2.27. The zero-order valence-corrected chi connectivity index (χ0v) is 17.7. The van der Waals surface area contributed by atoms with Gasteiger partial charge in [0.2, 0.25) is 5.91 Å². The lowest BCUT2D eigenvalue weighted by atomic mass is 9.95. The fourth-order valence-electron chi connectivity index (χ4n) is 3.20. The molecule has 154 valence electrons. The number of hydrogen-bond acceptors (Lipinski definition) is 6. The Morgan fingerprint density at radius 2 is 1.93 bits per heavy atom. The average molecular weight is 437 g/mol. The molecule has 0 radical (unpaired) electrons. The Labute approximate surface area is 177 Å². The molecule has 0 bridgehead atoms. The molecule has 3 rings (SSSR count). The van der Waals surface area contributed by atoms with E-state index in [1.807, 2.05) is 0 Å². The van der Waals surface area contributed by atoms with Gasteiger partial charge in [0, 0.05) is 16.8 Å². The van der Waals surface area contributed by atoms with Crippen molar-refractivity contribution in [3.05, 3.63) is 39.2 Å². The molecular weight excluding hydrogens is 416 g/mol. The zero-order chi connectivity index (χ0) is 21.0. The zero-order valence-electron chi connectivity index (χ0n) is 16.1. The van der Waals surface area contributed by atoms with Crippen molar-refractivity contribution in [2.45, 2.75) is 32.6 Å². The van der Waals surface area contributed by atoms with E-state index >= 15 is 0 Å². The Hall–Kier alpha value is -2.58. The molecule has 0 saturated heterocycles. The van der Waals surface area contributed by atoms with Gasteiger partial charge in [-0.1, -0.05) is 11.6 Å². The molecule has 0 spiro atoms. The maximum Gasteiger partial charge on any atom is 0.341 e. The Kier molecular flexibility index (Phi) is 6.76. The summed E-state index contributed by atoms with van der Waals surface area (Å²) in [4.78, 5) is 37.6. The summed E-state index contributed by atoms with van der Waals surface area (Å²) in [5, 5.41) is 6.24. The standard InChI is InChI=1S/C20H21ClN2O5S/c1-11(24)22-19-18(13-5-3-4-6-16(13)29-19)20(26)28-10-17(25)23-14-9-12(21)7-8-15(14)27-2/h7-9H,3-6,10H2,1-2H3,(H,22,24)(H,23,25). The largest absolute Gasteiger partial charge is 0.495 e. The number of halogens is 1. The number of rotatable bonds is 6. The lowest BCUT2D eigenvalue weighted by Crippen LogP contribution is -2.22. The van der Waals surface area contributed by atoms with Crippen LogP contribution < -0.4 is 15.4 Å². The fraction of sp³-hybridized carbons (Fsp3) is 0.350. The van der Waals surface area contributed by atoms with Crippen LogP contribution in [-0.4, -0.2) is 31.5 Å². The number of carbonyl (C=O) groups is 3. The number of esters is 1. The number of thiophene rings is 1. The number of amides is 2. The molecule has 0 atom stereocenters. The average Bonchev–Trinajstić information content (AvgIpc) is 3.03. The lowest BCUT2D eigenvalue weighted by Gasteiger charge is -2.13. The summed E-state index contributed by atoms with van der Waals surface area (Å²) in [6.07, 6.45) is 3.64. The van der Waals surface area contributed by atoms with Gasteiger partial charge in [-0.15, -0.1) is 11.3 Å². The molecule has 1 aliphatic carbocycles. The Balaban J connectivity index is 1.71. The van der Waals surface area contributed by atoms with Crippen molar-refractivity contribution in [1.82, 2.24) is 0 Å². The van der Waals surface area contributed by atoms with Crippen molar-refractivity contribution in [3.8, 4) is 5.75 Å². The van der Waals surface area contributed by atoms with Crippen LogP contribution in [0.1, 0.15) is 40.6 Å². The first-order chi connectivity index (χ1) is 13.9. The summed E-state index contributed by atoms with van der Waals surface area (Å²) >= 11 is 7.35. The molecule has 1 aromatic carbocycles. The molecule has 2 aromatic rings. The monoisotopic (exact) mass is 436 g/mol. The Bertz CT molecular complexity index is 957. The van der Waals surface area contributed by atoms with Gasteiger partial charge in [0.05, 0.1) is 18.4 Å². The first kappa shape index (κ1) is 21.1. The van der Waals surface area contributed by atoms with Crippen LogP contribution in [0, 0.1) is 0 Å². The molecule has 0 saturated carbocycles. The second-order valence-corrected chi connectivity index (χ2v) is 8.11. The molecule has 2 amide bonds. The smallest absolute Gasteiger partial charge is 0.341 e. The molecule has 1 heterocycles. The van der Waals surface area contributed by atoms with Crippen LogP contribution in [0.3, 0.4) is 0 Å². The van der Waals surface area contributed by atoms with Gasteiger partial charge in [0.15, 0.2) is 6.61 Å². The highest BCUT2D eigenvalue weighted by molar-refractivity contribution is 7.17. The van der Waals surface area contributed by atoms with Crippen LogP contribution in [-0.2, 0) is 27.2 Å². The third kappa shape index (κ3) is 5.07. The number of carbonyl (C=O) groups excluding carboxylic acids is 3. The Morgan fingerprint density at radius 3 is 2.66 bits per heavy atom. The van der Waals surface area contributed by atoms with Gasteiger partial charge in [0.25, 0.3) is 5.91 Å². The first-order valence-corrected chi connectivity index (χ1v) is 10.3. The second-order valence-electron chi connectivity index (χ2n) is 6.57. The molecule has 0 unspecified atom stereocenters. The SMILES string of the molecule is COc1ccc(Cl)cc1NC(=O)COC(=O)c1c(NC(C)=O)sc2c1CCCC2. The molecule has 1 aromatic heterocycles. The highest BCUT2D eigenvalue weighted by Crippen LogP contribution is 2.38. The topological polar surface area (TPSA) is 93.7 Å². The number of methoxy groups -OCH3 is 1. The Morgan fingerprint density at radius 1 is 1.17 bits per heavy atom. The summed E-state index contributed by atoms with van der Waals surface area (Å²) in [5.41, 5.74) is 1.65. The molecule has 29 heavy (non-hydrogen) atoms. The minimum atomic E-state index is -0.624. The summed E-state index contributed by atoms with van der Waals surface area (Å²) in [6.45, 7) is 0.915. The molecular formula is C20H21ClN2O5S. The van der Waals surface area contributed by atoms with Crippen LogP contribution in [0.2, 0.25) is 5.02 Å². The minimum absolute atomic E-state index is 0.261. The van der Waals surface area contributed by atoms with Gasteiger partial charge in [-0.3, -0.25) is 9.59 Å². The molecule has 0 fully saturated rings. The van der Waals surface area contributed by atoms with Crippen molar-refractivity contribution in [2.24, 2.45) is 0 Å². The van der Waals surface area contributed by atoms with Crippen LogP contribution in [0.4, 0.5) is 10.7 Å². The van der Waals surface area contributed by atoms with Crippen molar-refractivity contribution < 1.29 is 23.9 Å². The van der Waals surface area contributed by atoms with Gasteiger partial charge < -0.3 is 20.1 Å². The number of fused-ring (bicyclic) bond motifs is 1. The van der Waals surface area contributed by atoms with Crippen molar-refractivity contribution in [1.29, 1.82) is 0 Å². The normalized spacial score (nSPS) is 12.7. The molecule has 7 nitrogen and oxygen atoms in total. The summed E-state index contributed by atoms with van der Waals surface area (Å²) < 4.78 is 10.4. The van der Waals surface area contributed by atoms with Crippen molar-refractivity contribution >= 4 is 51.4 Å². The van der Waals surface area contributed by atoms with Gasteiger partial charge >= 0.3 is 5.97 Å². The quantitative estimate of drug-likeness (QED) is 0.666. The number of benzene rings is 1. The van der Waals surface area contributed by atoms with Gasteiger partial charge in [-0.05, 0) is 49.4 Å². The number of ether oxygens (including phenoxy) is 2. The van der Waals surface area contributed by atoms with E-state index in [2.05, 4.69) is 10.6 Å². The van der Waals surface area contributed by atoms with E-state index in [1.54, 1.807) is 18.2 Å². The van der Waals surface area contributed by atoms with Crippen LogP contribution in [0.25, 0.3) is 0 Å². The third-order valence-corrected chi connectivity index (χ3v) is 5.88. The maximum atomic E-state index is 12.7. The molecule has 0 aliphatic heterocycles. The van der Waals surface area contributed by atoms with E-state index < -0.39 is 18.5 Å². The van der Waals surface area contributed by atoms with E-state index in [9.17, 15) is 14.4 Å². The third-order valence-electron chi connectivity index (χ3n) is 4.43. The summed E-state index contributed by atoms with van der Waals surface area (Å²) in [6, 6.07) is 4.81. The molecule has 9 heteroatoms. The summed E-state index contributed by atoms with van der Waals surface area (Å²) in [5.74, 6) is -0.970.